The molecule has 0 saturated carbocycles. The lowest BCUT2D eigenvalue weighted by Crippen LogP contribution is -2.28. The topological polar surface area (TPSA) is 86.8 Å². The summed E-state index contributed by atoms with van der Waals surface area (Å²) in [5.41, 5.74) is 2.42. The van der Waals surface area contributed by atoms with Crippen LogP contribution in [0.5, 0.6) is 0 Å². The molecule has 8 heteroatoms. The summed E-state index contributed by atoms with van der Waals surface area (Å²) >= 11 is 0. The number of benzene rings is 2. The molecule has 2 amide bonds. The summed E-state index contributed by atoms with van der Waals surface area (Å²) in [6.07, 6.45) is 0.954. The molecule has 2 aromatic rings. The number of carbonyl (C=O) groups excluding carboxylic acids is 2. The average Bonchev–Trinajstić information content (AvgIpc) is 3.10. The molecule has 1 N–H and O–H groups in total. The van der Waals surface area contributed by atoms with Crippen LogP contribution >= 0.6 is 0 Å². The van der Waals surface area contributed by atoms with E-state index in [0.717, 1.165) is 22.0 Å². The van der Waals surface area contributed by atoms with Crippen LogP contribution in [0.3, 0.4) is 0 Å². The van der Waals surface area contributed by atoms with Crippen molar-refractivity contribution in [1.82, 2.24) is 4.31 Å². The molecular weight excluding hydrogens is 390 g/mol. The van der Waals surface area contributed by atoms with Crippen LogP contribution in [0.2, 0.25) is 0 Å². The number of aryl methyl sites for hydroxylation is 1. The van der Waals surface area contributed by atoms with Gasteiger partial charge >= 0.3 is 0 Å². The Morgan fingerprint density at radius 3 is 2.41 bits per heavy atom. The van der Waals surface area contributed by atoms with E-state index in [4.69, 9.17) is 0 Å². The van der Waals surface area contributed by atoms with Crippen molar-refractivity contribution in [3.05, 3.63) is 54.1 Å². The fraction of sp³-hybridized carbons (Fsp3) is 0.333. The Morgan fingerprint density at radius 1 is 1.14 bits per heavy atom. The first-order valence-corrected chi connectivity index (χ1v) is 10.9. The molecule has 1 heterocycles. The van der Waals surface area contributed by atoms with Crippen molar-refractivity contribution < 1.29 is 18.0 Å². The first-order valence-electron chi connectivity index (χ1n) is 9.45. The summed E-state index contributed by atoms with van der Waals surface area (Å²) in [4.78, 5) is 27.0. The van der Waals surface area contributed by atoms with E-state index in [0.29, 0.717) is 12.2 Å². The van der Waals surface area contributed by atoms with Crippen molar-refractivity contribution in [2.45, 2.75) is 24.7 Å². The van der Waals surface area contributed by atoms with Gasteiger partial charge in [0.25, 0.3) is 0 Å². The van der Waals surface area contributed by atoms with Gasteiger partial charge in [-0.25, -0.2) is 12.7 Å². The summed E-state index contributed by atoms with van der Waals surface area (Å²) in [5, 5.41) is 2.79. The number of rotatable bonds is 6. The molecule has 1 atom stereocenters. The standard InChI is InChI=1S/C21H25N3O4S/c1-4-15-7-5-6-8-19(15)24-14-16(13-20(24)25)21(26)22-17-9-11-18(12-10-17)29(27,28)23(2)3/h5-12,16H,4,13-14H2,1-3H3,(H,22,26)/t16-/m1/s1. The summed E-state index contributed by atoms with van der Waals surface area (Å²) in [6, 6.07) is 13.7. The molecule has 0 aromatic heterocycles. The minimum absolute atomic E-state index is 0.0709. The van der Waals surface area contributed by atoms with Crippen LogP contribution in [-0.2, 0) is 26.0 Å². The summed E-state index contributed by atoms with van der Waals surface area (Å²) < 4.78 is 25.4. The van der Waals surface area contributed by atoms with Gasteiger partial charge in [0.1, 0.15) is 0 Å². The monoisotopic (exact) mass is 415 g/mol. The number of amides is 2. The number of nitrogens with one attached hydrogen (secondary N) is 1. The van der Waals surface area contributed by atoms with E-state index in [9.17, 15) is 18.0 Å². The number of sulfonamides is 1. The number of hydrogen-bond donors (Lipinski definition) is 1. The highest BCUT2D eigenvalue weighted by atomic mass is 32.2. The Hall–Kier alpha value is -2.71. The molecule has 1 aliphatic heterocycles. The second-order valence-electron chi connectivity index (χ2n) is 7.19. The molecule has 29 heavy (non-hydrogen) atoms. The summed E-state index contributed by atoms with van der Waals surface area (Å²) in [7, 11) is -0.595. The average molecular weight is 416 g/mol. The normalized spacial score (nSPS) is 17.0. The Bertz CT molecular complexity index is 1020. The van der Waals surface area contributed by atoms with Gasteiger partial charge in [0, 0.05) is 38.4 Å². The molecule has 0 radical (unpaired) electrons. The van der Waals surface area contributed by atoms with Crippen molar-refractivity contribution in [3.8, 4) is 0 Å². The van der Waals surface area contributed by atoms with Gasteiger partial charge in [-0.2, -0.15) is 0 Å². The van der Waals surface area contributed by atoms with Crippen LogP contribution in [0.1, 0.15) is 18.9 Å². The van der Waals surface area contributed by atoms with Gasteiger partial charge < -0.3 is 10.2 Å². The lowest BCUT2D eigenvalue weighted by Gasteiger charge is -2.20. The van der Waals surface area contributed by atoms with Crippen molar-refractivity contribution in [1.29, 1.82) is 0 Å². The highest BCUT2D eigenvalue weighted by Gasteiger charge is 2.35. The summed E-state index contributed by atoms with van der Waals surface area (Å²) in [5.74, 6) is -0.783. The van der Waals surface area contributed by atoms with Crippen LogP contribution in [0.15, 0.2) is 53.4 Å². The van der Waals surface area contributed by atoms with E-state index in [1.807, 2.05) is 31.2 Å². The molecule has 0 aliphatic carbocycles. The lowest BCUT2D eigenvalue weighted by atomic mass is 10.1. The maximum absolute atomic E-state index is 12.7. The van der Waals surface area contributed by atoms with Gasteiger partial charge in [0.2, 0.25) is 21.8 Å². The number of carbonyl (C=O) groups is 2. The Labute approximate surface area is 171 Å². The molecule has 0 unspecified atom stereocenters. The molecule has 1 fully saturated rings. The van der Waals surface area contributed by atoms with E-state index in [1.165, 1.54) is 26.2 Å². The van der Waals surface area contributed by atoms with Gasteiger partial charge in [0.05, 0.1) is 10.8 Å². The third-order valence-electron chi connectivity index (χ3n) is 5.06. The highest BCUT2D eigenvalue weighted by Crippen LogP contribution is 2.29. The first-order chi connectivity index (χ1) is 13.7. The molecule has 154 valence electrons. The largest absolute Gasteiger partial charge is 0.326 e. The van der Waals surface area contributed by atoms with Crippen LogP contribution in [0, 0.1) is 5.92 Å². The molecule has 0 spiro atoms. The van der Waals surface area contributed by atoms with E-state index >= 15 is 0 Å². The maximum Gasteiger partial charge on any atom is 0.242 e. The van der Waals surface area contributed by atoms with Gasteiger partial charge in [-0.15, -0.1) is 0 Å². The highest BCUT2D eigenvalue weighted by molar-refractivity contribution is 7.89. The molecule has 1 aliphatic rings. The van der Waals surface area contributed by atoms with Crippen molar-refractivity contribution in [2.75, 3.05) is 30.9 Å². The molecule has 1 saturated heterocycles. The third-order valence-corrected chi connectivity index (χ3v) is 6.89. The van der Waals surface area contributed by atoms with Gasteiger partial charge in [0.15, 0.2) is 0 Å². The Kier molecular flexibility index (Phi) is 6.04. The SMILES string of the molecule is CCc1ccccc1N1C[C@H](C(=O)Nc2ccc(S(=O)(=O)N(C)C)cc2)CC1=O. The quantitative estimate of drug-likeness (QED) is 0.785. The molecule has 0 bridgehead atoms. The molecule has 2 aromatic carbocycles. The van der Waals surface area contributed by atoms with Gasteiger partial charge in [-0.3, -0.25) is 9.59 Å². The second kappa shape index (κ2) is 8.34. The number of hydrogen-bond acceptors (Lipinski definition) is 4. The number of para-hydroxylation sites is 1. The van der Waals surface area contributed by atoms with Crippen molar-refractivity contribution in [3.63, 3.8) is 0 Å². The van der Waals surface area contributed by atoms with Crippen LogP contribution in [0.25, 0.3) is 0 Å². The summed E-state index contributed by atoms with van der Waals surface area (Å²) in [6.45, 7) is 2.36. The van der Waals surface area contributed by atoms with Crippen molar-refractivity contribution >= 4 is 33.2 Å². The molecule has 3 rings (SSSR count). The maximum atomic E-state index is 12.7. The zero-order valence-electron chi connectivity index (χ0n) is 16.8. The fourth-order valence-corrected chi connectivity index (χ4v) is 4.26. The fourth-order valence-electron chi connectivity index (χ4n) is 3.35. The van der Waals surface area contributed by atoms with Gasteiger partial charge in [-0.1, -0.05) is 25.1 Å². The number of anilines is 2. The predicted molar refractivity (Wildman–Crippen MR) is 112 cm³/mol. The molecule has 7 nitrogen and oxygen atoms in total. The predicted octanol–water partition coefficient (Wildman–Crippen LogP) is 2.49. The lowest BCUT2D eigenvalue weighted by molar-refractivity contribution is -0.122. The third kappa shape index (κ3) is 4.33. The zero-order chi connectivity index (χ0) is 21.2. The van der Waals surface area contributed by atoms with Crippen LogP contribution < -0.4 is 10.2 Å². The molecular formula is C21H25N3O4S. The van der Waals surface area contributed by atoms with Crippen LogP contribution in [0.4, 0.5) is 11.4 Å². The van der Waals surface area contributed by atoms with E-state index in [1.54, 1.807) is 17.0 Å². The smallest absolute Gasteiger partial charge is 0.242 e. The van der Waals surface area contributed by atoms with Crippen LogP contribution in [-0.4, -0.2) is 45.2 Å². The van der Waals surface area contributed by atoms with E-state index in [-0.39, 0.29) is 23.1 Å². The van der Waals surface area contributed by atoms with E-state index < -0.39 is 15.9 Å². The minimum atomic E-state index is -3.52. The zero-order valence-corrected chi connectivity index (χ0v) is 17.6. The van der Waals surface area contributed by atoms with Crippen molar-refractivity contribution in [2.24, 2.45) is 5.92 Å². The minimum Gasteiger partial charge on any atom is -0.326 e. The van der Waals surface area contributed by atoms with Gasteiger partial charge in [-0.05, 0) is 42.3 Å². The number of nitrogens with zero attached hydrogens (tertiary/aromatic N) is 2. The Balaban J connectivity index is 1.70. The second-order valence-corrected chi connectivity index (χ2v) is 9.34. The van der Waals surface area contributed by atoms with E-state index in [2.05, 4.69) is 5.32 Å². The Morgan fingerprint density at radius 2 is 1.79 bits per heavy atom. The first kappa shape index (κ1) is 21.0.